The number of nitrogens with one attached hydrogen (secondary N) is 2. The number of benzene rings is 1. The number of hydrogen-bond donors (Lipinski definition) is 2. The molecule has 2 saturated heterocycles. The molecule has 1 amide bonds. The van der Waals surface area contributed by atoms with E-state index in [1.54, 1.807) is 12.3 Å². The van der Waals surface area contributed by atoms with Gasteiger partial charge in [0.2, 0.25) is 5.91 Å². The third-order valence-corrected chi connectivity index (χ3v) is 7.69. The Morgan fingerprint density at radius 1 is 1.08 bits per heavy atom. The van der Waals surface area contributed by atoms with Gasteiger partial charge in [-0.15, -0.1) is 0 Å². The third kappa shape index (κ3) is 5.54. The molecule has 0 saturated carbocycles. The molecular formula is C27H30Cl2N6O4. The molecule has 39 heavy (non-hydrogen) atoms. The highest BCUT2D eigenvalue weighted by molar-refractivity contribution is 6.41. The number of pyridine rings is 1. The van der Waals surface area contributed by atoms with E-state index in [-0.39, 0.29) is 18.0 Å². The van der Waals surface area contributed by atoms with Gasteiger partial charge in [-0.1, -0.05) is 29.8 Å². The number of halogens is 2. The number of ether oxygens (including phenoxy) is 3. The van der Waals surface area contributed by atoms with Crippen molar-refractivity contribution in [2.75, 3.05) is 50.7 Å². The molecule has 0 bridgehead atoms. The summed E-state index contributed by atoms with van der Waals surface area (Å²) in [4.78, 5) is 28.5. The van der Waals surface area contributed by atoms with Crippen LogP contribution in [0.4, 0.5) is 11.6 Å². The minimum absolute atomic E-state index is 0.153. The molecule has 12 heteroatoms. The number of hydrogen-bond acceptors (Lipinski definition) is 9. The topological polar surface area (TPSA) is 111 Å². The first-order valence-electron chi connectivity index (χ1n) is 12.7. The van der Waals surface area contributed by atoms with E-state index < -0.39 is 0 Å². The number of anilines is 2. The molecule has 0 unspecified atom stereocenters. The van der Waals surface area contributed by atoms with Crippen LogP contribution < -0.4 is 25.0 Å². The minimum atomic E-state index is -0.247. The number of nitrogens with zero attached hydrogens (tertiary/aromatic N) is 4. The third-order valence-electron chi connectivity index (χ3n) is 6.94. The van der Waals surface area contributed by atoms with Gasteiger partial charge in [-0.2, -0.15) is 0 Å². The monoisotopic (exact) mass is 572 g/mol. The van der Waals surface area contributed by atoms with Crippen LogP contribution in [-0.2, 0) is 9.53 Å². The number of amides is 1. The molecule has 206 valence electrons. The molecule has 1 aromatic carbocycles. The summed E-state index contributed by atoms with van der Waals surface area (Å²) in [6, 6.07) is 3.21. The predicted molar refractivity (Wildman–Crippen MR) is 152 cm³/mol. The second-order valence-corrected chi connectivity index (χ2v) is 10.2. The van der Waals surface area contributed by atoms with Crippen molar-refractivity contribution < 1.29 is 19.0 Å². The number of piperidine rings is 1. The van der Waals surface area contributed by atoms with E-state index in [1.165, 1.54) is 26.7 Å². The minimum Gasteiger partial charge on any atom is -0.495 e. The van der Waals surface area contributed by atoms with Crippen molar-refractivity contribution in [1.29, 1.82) is 0 Å². The molecular weight excluding hydrogens is 543 g/mol. The zero-order valence-electron chi connectivity index (χ0n) is 21.8. The standard InChI is InChI=1S/C27H30Cl2N6O4/c1-4-22(36)32-18-14-39-13-17(18)31-21-10-15-16(12-30-21)33-26(34-27(15)35-8-6-5-7-9-35)23-24(28)19(37-2)11-20(38-3)25(23)29/h4,10-12,17-18H,1,5-9,13-14H2,2-3H3,(H,30,31)(H,32,36)/t17-,18+/m1/s1. The SMILES string of the molecule is C=CC(=O)N[C@H]1COC[C@H]1Nc1cc2c(N3CCCCC3)nc(-c3c(Cl)c(OC)cc(OC)c3Cl)nc2cn1. The summed E-state index contributed by atoms with van der Waals surface area (Å²) in [5, 5.41) is 7.74. The first-order valence-corrected chi connectivity index (χ1v) is 13.5. The maximum absolute atomic E-state index is 11.9. The van der Waals surface area contributed by atoms with Crippen LogP contribution in [0.2, 0.25) is 10.0 Å². The van der Waals surface area contributed by atoms with Crippen LogP contribution in [0, 0.1) is 0 Å². The van der Waals surface area contributed by atoms with Crippen LogP contribution in [0.3, 0.4) is 0 Å². The van der Waals surface area contributed by atoms with Crippen molar-refractivity contribution in [2.45, 2.75) is 31.3 Å². The Morgan fingerprint density at radius 3 is 2.44 bits per heavy atom. The summed E-state index contributed by atoms with van der Waals surface area (Å²) >= 11 is 13.4. The summed E-state index contributed by atoms with van der Waals surface area (Å²) in [5.74, 6) is 2.33. The average Bonchev–Trinajstić information content (AvgIpc) is 3.39. The number of methoxy groups -OCH3 is 2. The molecule has 2 atom stereocenters. The lowest BCUT2D eigenvalue weighted by Crippen LogP contribution is -2.45. The lowest BCUT2D eigenvalue weighted by atomic mass is 10.1. The Balaban J connectivity index is 1.59. The maximum atomic E-state index is 11.9. The second kappa shape index (κ2) is 11.8. The number of rotatable bonds is 8. The molecule has 2 aliphatic rings. The van der Waals surface area contributed by atoms with Gasteiger partial charge in [-0.25, -0.2) is 15.0 Å². The fraction of sp³-hybridized carbons (Fsp3) is 0.407. The van der Waals surface area contributed by atoms with Crippen molar-refractivity contribution in [3.63, 3.8) is 0 Å². The van der Waals surface area contributed by atoms with Gasteiger partial charge in [0.1, 0.15) is 23.1 Å². The van der Waals surface area contributed by atoms with E-state index in [4.69, 9.17) is 47.4 Å². The zero-order chi connectivity index (χ0) is 27.5. The molecule has 2 aliphatic heterocycles. The van der Waals surface area contributed by atoms with Crippen LogP contribution in [0.25, 0.3) is 22.3 Å². The molecule has 0 aliphatic carbocycles. The lowest BCUT2D eigenvalue weighted by Gasteiger charge is -2.29. The largest absolute Gasteiger partial charge is 0.495 e. The van der Waals surface area contributed by atoms with Crippen molar-refractivity contribution in [3.05, 3.63) is 41.0 Å². The van der Waals surface area contributed by atoms with E-state index in [0.717, 1.165) is 37.1 Å². The Kier molecular flexibility index (Phi) is 8.25. The van der Waals surface area contributed by atoms with Gasteiger partial charge >= 0.3 is 0 Å². The predicted octanol–water partition coefficient (Wildman–Crippen LogP) is 4.49. The zero-order valence-corrected chi connectivity index (χ0v) is 23.3. The van der Waals surface area contributed by atoms with Gasteiger partial charge in [-0.05, 0) is 31.4 Å². The Bertz CT molecular complexity index is 1370. The molecule has 2 N–H and O–H groups in total. The first kappa shape index (κ1) is 27.2. The van der Waals surface area contributed by atoms with Crippen molar-refractivity contribution in [3.8, 4) is 22.9 Å². The number of carbonyl (C=O) groups excluding carboxylic acids is 1. The van der Waals surface area contributed by atoms with Crippen LogP contribution >= 0.6 is 23.2 Å². The fourth-order valence-electron chi connectivity index (χ4n) is 4.91. The van der Waals surface area contributed by atoms with Gasteiger partial charge in [0.15, 0.2) is 5.82 Å². The number of fused-ring (bicyclic) bond motifs is 1. The Hall–Kier alpha value is -3.34. The molecule has 2 fully saturated rings. The summed E-state index contributed by atoms with van der Waals surface area (Å²) < 4.78 is 16.5. The van der Waals surface area contributed by atoms with E-state index in [2.05, 4.69) is 27.1 Å². The van der Waals surface area contributed by atoms with Gasteiger partial charge < -0.3 is 29.7 Å². The maximum Gasteiger partial charge on any atom is 0.243 e. The smallest absolute Gasteiger partial charge is 0.243 e. The van der Waals surface area contributed by atoms with Crippen LogP contribution in [0.1, 0.15) is 19.3 Å². The van der Waals surface area contributed by atoms with Gasteiger partial charge in [-0.3, -0.25) is 4.79 Å². The van der Waals surface area contributed by atoms with Gasteiger partial charge in [0.05, 0.1) is 66.8 Å². The highest BCUT2D eigenvalue weighted by Gasteiger charge is 2.30. The molecule has 5 rings (SSSR count). The van der Waals surface area contributed by atoms with Crippen molar-refractivity contribution in [1.82, 2.24) is 20.3 Å². The van der Waals surface area contributed by atoms with Gasteiger partial charge in [0, 0.05) is 24.5 Å². The van der Waals surface area contributed by atoms with Crippen molar-refractivity contribution in [2.24, 2.45) is 0 Å². The Labute approximate surface area is 236 Å². The normalized spacial score (nSPS) is 19.1. The second-order valence-electron chi connectivity index (χ2n) is 9.40. The van der Waals surface area contributed by atoms with E-state index >= 15 is 0 Å². The van der Waals surface area contributed by atoms with Crippen molar-refractivity contribution >= 4 is 51.6 Å². The molecule has 4 heterocycles. The summed E-state index contributed by atoms with van der Waals surface area (Å²) in [5.41, 5.74) is 1.07. The molecule has 2 aromatic heterocycles. The van der Waals surface area contributed by atoms with Gasteiger partial charge in [0.25, 0.3) is 0 Å². The summed E-state index contributed by atoms with van der Waals surface area (Å²) in [6.07, 6.45) is 6.25. The highest BCUT2D eigenvalue weighted by atomic mass is 35.5. The number of carbonyl (C=O) groups is 1. The number of aromatic nitrogens is 3. The summed E-state index contributed by atoms with van der Waals surface area (Å²) in [6.45, 7) is 6.10. The van der Waals surface area contributed by atoms with E-state index in [0.29, 0.717) is 57.5 Å². The molecule has 3 aromatic rings. The fourth-order valence-corrected chi connectivity index (χ4v) is 5.58. The van der Waals surface area contributed by atoms with E-state index in [9.17, 15) is 4.79 Å². The Morgan fingerprint density at radius 2 is 1.77 bits per heavy atom. The van der Waals surface area contributed by atoms with Crippen LogP contribution in [0.15, 0.2) is 31.0 Å². The molecule has 0 spiro atoms. The lowest BCUT2D eigenvalue weighted by molar-refractivity contribution is -0.117. The highest BCUT2D eigenvalue weighted by Crippen LogP contribution is 2.45. The summed E-state index contributed by atoms with van der Waals surface area (Å²) in [7, 11) is 3.06. The average molecular weight is 573 g/mol. The quantitative estimate of drug-likeness (QED) is 0.377. The molecule has 0 radical (unpaired) electrons. The van der Waals surface area contributed by atoms with Crippen LogP contribution in [-0.4, -0.2) is 73.5 Å². The molecule has 10 nitrogen and oxygen atoms in total. The van der Waals surface area contributed by atoms with Crippen LogP contribution in [0.5, 0.6) is 11.5 Å². The first-order chi connectivity index (χ1) is 18.9. The van der Waals surface area contributed by atoms with E-state index in [1.807, 2.05) is 6.07 Å².